The molecule has 0 amide bonds. The molecule has 3 aliphatic heterocycles. The van der Waals surface area contributed by atoms with E-state index in [4.69, 9.17) is 4.99 Å². The summed E-state index contributed by atoms with van der Waals surface area (Å²) in [7, 11) is 0. The van der Waals surface area contributed by atoms with Crippen LogP contribution in [0.2, 0.25) is 0 Å². The topological polar surface area (TPSA) is 15.6 Å². The molecule has 5 rings (SSSR count). The molecule has 1 unspecified atom stereocenters. The van der Waals surface area contributed by atoms with Crippen LogP contribution in [0, 0.1) is 5.41 Å². The summed E-state index contributed by atoms with van der Waals surface area (Å²) in [6.07, 6.45) is 1.14. The van der Waals surface area contributed by atoms with Crippen molar-refractivity contribution in [2.75, 3.05) is 11.4 Å². The summed E-state index contributed by atoms with van der Waals surface area (Å²) >= 11 is 0. The van der Waals surface area contributed by atoms with Gasteiger partial charge >= 0.3 is 0 Å². The molecule has 0 N–H and O–H groups in total. The Hall–Kier alpha value is -2.09. The number of fused-ring (bicyclic) bond motifs is 3. The Labute approximate surface area is 125 Å². The van der Waals surface area contributed by atoms with Gasteiger partial charge in [0.2, 0.25) is 0 Å². The fourth-order valence-corrected chi connectivity index (χ4v) is 4.31. The van der Waals surface area contributed by atoms with Crippen molar-refractivity contribution in [3.05, 3.63) is 53.6 Å². The molecule has 2 nitrogen and oxygen atoms in total. The van der Waals surface area contributed by atoms with Crippen LogP contribution in [0.1, 0.15) is 25.0 Å². The molecule has 3 heterocycles. The molecule has 2 aromatic rings. The lowest BCUT2D eigenvalue weighted by Gasteiger charge is -2.47. The van der Waals surface area contributed by atoms with E-state index in [0.29, 0.717) is 6.04 Å². The van der Waals surface area contributed by atoms with Gasteiger partial charge in [-0.3, -0.25) is 4.99 Å². The van der Waals surface area contributed by atoms with Crippen LogP contribution < -0.4 is 4.90 Å². The molecule has 0 radical (unpaired) electrons. The van der Waals surface area contributed by atoms with Crippen LogP contribution in [0.25, 0.3) is 11.1 Å². The highest BCUT2D eigenvalue weighted by Gasteiger charge is 2.47. The first-order chi connectivity index (χ1) is 10.2. The lowest BCUT2D eigenvalue weighted by molar-refractivity contribution is 0.285. The van der Waals surface area contributed by atoms with Gasteiger partial charge in [-0.2, -0.15) is 0 Å². The second-order valence-electron chi connectivity index (χ2n) is 7.07. The number of hydrogen-bond acceptors (Lipinski definition) is 2. The molecule has 104 valence electrons. The van der Waals surface area contributed by atoms with Gasteiger partial charge in [0.1, 0.15) is 5.84 Å². The molecule has 0 fully saturated rings. The fourth-order valence-electron chi connectivity index (χ4n) is 4.31. The quantitative estimate of drug-likeness (QED) is 0.711. The Kier molecular flexibility index (Phi) is 1.96. The molecule has 0 bridgehead atoms. The third-order valence-corrected chi connectivity index (χ3v) is 5.32. The number of nitrogens with zero attached hydrogens (tertiary/aromatic N) is 2. The first kappa shape index (κ1) is 11.6. The molecule has 0 aliphatic carbocycles. The van der Waals surface area contributed by atoms with E-state index in [1.807, 2.05) is 0 Å². The van der Waals surface area contributed by atoms with Crippen LogP contribution in [-0.2, 0) is 6.42 Å². The summed E-state index contributed by atoms with van der Waals surface area (Å²) in [5.74, 6) is 1.18. The van der Waals surface area contributed by atoms with Crippen molar-refractivity contribution in [2.24, 2.45) is 10.4 Å². The first-order valence-electron chi connectivity index (χ1n) is 7.72. The second-order valence-corrected chi connectivity index (χ2v) is 7.07. The maximum atomic E-state index is 4.92. The average Bonchev–Trinajstić information content (AvgIpc) is 2.93. The SMILES string of the molecule is CC1(C)Cc2cccc3c2N2C(=NCC21)c1ccccc1-3. The van der Waals surface area contributed by atoms with Gasteiger partial charge in [-0.1, -0.05) is 56.3 Å². The van der Waals surface area contributed by atoms with Gasteiger partial charge in [-0.15, -0.1) is 0 Å². The van der Waals surface area contributed by atoms with E-state index >= 15 is 0 Å². The third kappa shape index (κ3) is 1.31. The lowest BCUT2D eigenvalue weighted by Crippen LogP contribution is -2.52. The highest BCUT2D eigenvalue weighted by Crippen LogP contribution is 2.51. The summed E-state index contributed by atoms with van der Waals surface area (Å²) in [5.41, 5.74) is 7.16. The highest BCUT2D eigenvalue weighted by molar-refractivity contribution is 6.21. The zero-order valence-electron chi connectivity index (χ0n) is 12.4. The number of hydrogen-bond donors (Lipinski definition) is 0. The van der Waals surface area contributed by atoms with E-state index in [2.05, 4.69) is 61.2 Å². The van der Waals surface area contributed by atoms with E-state index in [1.165, 1.54) is 33.8 Å². The zero-order chi connectivity index (χ0) is 14.2. The number of aliphatic imine (C=N–C) groups is 1. The Morgan fingerprint density at radius 3 is 2.62 bits per heavy atom. The van der Waals surface area contributed by atoms with Crippen LogP contribution in [0.5, 0.6) is 0 Å². The number of benzene rings is 2. The molecule has 21 heavy (non-hydrogen) atoms. The number of rotatable bonds is 0. The minimum atomic E-state index is 0.267. The number of para-hydroxylation sites is 1. The first-order valence-corrected chi connectivity index (χ1v) is 7.72. The summed E-state index contributed by atoms with van der Waals surface area (Å²) in [6, 6.07) is 16.0. The molecule has 0 saturated carbocycles. The van der Waals surface area contributed by atoms with Gasteiger partial charge in [0.25, 0.3) is 0 Å². The molecule has 1 atom stereocenters. The van der Waals surface area contributed by atoms with Gasteiger partial charge in [0.05, 0.1) is 18.3 Å². The van der Waals surface area contributed by atoms with Crippen LogP contribution >= 0.6 is 0 Å². The zero-order valence-corrected chi connectivity index (χ0v) is 12.4. The largest absolute Gasteiger partial charge is 0.320 e. The average molecular weight is 274 g/mol. The van der Waals surface area contributed by atoms with E-state index in [1.54, 1.807) is 0 Å². The predicted molar refractivity (Wildman–Crippen MR) is 87.0 cm³/mol. The molecule has 0 aromatic heterocycles. The van der Waals surface area contributed by atoms with E-state index < -0.39 is 0 Å². The second kappa shape index (κ2) is 3.56. The number of anilines is 1. The third-order valence-electron chi connectivity index (χ3n) is 5.32. The lowest BCUT2D eigenvalue weighted by atomic mass is 9.72. The Morgan fingerprint density at radius 1 is 1.00 bits per heavy atom. The van der Waals surface area contributed by atoms with E-state index in [9.17, 15) is 0 Å². The molecular weight excluding hydrogens is 256 g/mol. The van der Waals surface area contributed by atoms with Crippen molar-refractivity contribution in [2.45, 2.75) is 26.3 Å². The van der Waals surface area contributed by atoms with Crippen molar-refractivity contribution >= 4 is 11.5 Å². The van der Waals surface area contributed by atoms with E-state index in [-0.39, 0.29) is 5.41 Å². The Bertz CT molecular complexity index is 801. The minimum absolute atomic E-state index is 0.267. The molecule has 0 spiro atoms. The summed E-state index contributed by atoms with van der Waals surface area (Å²) < 4.78 is 0. The van der Waals surface area contributed by atoms with Gasteiger partial charge in [-0.25, -0.2) is 0 Å². The molecule has 2 aromatic carbocycles. The monoisotopic (exact) mass is 274 g/mol. The molecular formula is C19H18N2. The van der Waals surface area contributed by atoms with Crippen LogP contribution in [-0.4, -0.2) is 18.4 Å². The minimum Gasteiger partial charge on any atom is -0.320 e. The van der Waals surface area contributed by atoms with Crippen LogP contribution in [0.3, 0.4) is 0 Å². The van der Waals surface area contributed by atoms with E-state index in [0.717, 1.165) is 13.0 Å². The van der Waals surface area contributed by atoms with Gasteiger partial charge < -0.3 is 4.90 Å². The Morgan fingerprint density at radius 2 is 1.76 bits per heavy atom. The van der Waals surface area contributed by atoms with Crippen molar-refractivity contribution in [1.82, 2.24) is 0 Å². The summed E-state index contributed by atoms with van der Waals surface area (Å²) in [6.45, 7) is 5.68. The summed E-state index contributed by atoms with van der Waals surface area (Å²) in [4.78, 5) is 7.45. The summed E-state index contributed by atoms with van der Waals surface area (Å²) in [5, 5.41) is 0. The molecule has 2 heteroatoms. The molecule has 3 aliphatic rings. The maximum absolute atomic E-state index is 4.92. The van der Waals surface area contributed by atoms with Crippen molar-refractivity contribution in [1.29, 1.82) is 0 Å². The van der Waals surface area contributed by atoms with Gasteiger partial charge in [0, 0.05) is 11.1 Å². The predicted octanol–water partition coefficient (Wildman–Crippen LogP) is 3.88. The van der Waals surface area contributed by atoms with Gasteiger partial charge in [-0.05, 0) is 23.0 Å². The smallest absolute Gasteiger partial charge is 0.136 e. The van der Waals surface area contributed by atoms with Crippen molar-refractivity contribution < 1.29 is 0 Å². The maximum Gasteiger partial charge on any atom is 0.136 e. The highest BCUT2D eigenvalue weighted by atomic mass is 15.3. The van der Waals surface area contributed by atoms with Crippen LogP contribution in [0.4, 0.5) is 5.69 Å². The normalized spacial score (nSPS) is 23.4. The Balaban J connectivity index is 1.90. The number of amidine groups is 1. The van der Waals surface area contributed by atoms with Crippen LogP contribution in [0.15, 0.2) is 47.5 Å². The molecule has 0 saturated heterocycles. The van der Waals surface area contributed by atoms with Crippen molar-refractivity contribution in [3.63, 3.8) is 0 Å². The van der Waals surface area contributed by atoms with Gasteiger partial charge in [0.15, 0.2) is 0 Å². The standard InChI is InChI=1S/C19H18N2/c1-19(2)10-12-6-5-9-14-13-7-3-4-8-15(13)18-20-11-16(19)21(18)17(12)14/h3-9,16H,10-11H2,1-2H3. The van der Waals surface area contributed by atoms with Crippen molar-refractivity contribution in [3.8, 4) is 11.1 Å². The fraction of sp³-hybridized carbons (Fsp3) is 0.316.